The van der Waals surface area contributed by atoms with E-state index in [1.165, 1.54) is 12.0 Å². The van der Waals surface area contributed by atoms with Crippen LogP contribution in [0.1, 0.15) is 25.8 Å². The fraction of sp³-hybridized carbons (Fsp3) is 0.320. The number of thiazole rings is 1. The molecule has 2 heterocycles. The first-order valence-electron chi connectivity index (χ1n) is 10.6. The smallest absolute Gasteiger partial charge is 0.279 e. The van der Waals surface area contributed by atoms with Gasteiger partial charge in [-0.2, -0.15) is 0 Å². The van der Waals surface area contributed by atoms with Crippen LogP contribution in [-0.2, 0) is 13.0 Å². The van der Waals surface area contributed by atoms with Crippen LogP contribution in [0.2, 0.25) is 0 Å². The summed E-state index contributed by atoms with van der Waals surface area (Å²) in [7, 11) is 0. The monoisotopic (exact) mass is 419 g/mol. The summed E-state index contributed by atoms with van der Waals surface area (Å²) in [4.78, 5) is 7.11. The lowest BCUT2D eigenvalue weighted by Crippen LogP contribution is -2.34. The predicted octanol–water partition coefficient (Wildman–Crippen LogP) is 6.23. The largest absolute Gasteiger partial charge is 0.431 e. The average molecular weight is 420 g/mol. The van der Waals surface area contributed by atoms with Gasteiger partial charge in [0.25, 0.3) is 5.19 Å². The maximum Gasteiger partial charge on any atom is 0.279 e. The maximum absolute atomic E-state index is 5.97. The molecule has 156 valence electrons. The van der Waals surface area contributed by atoms with Crippen LogP contribution in [0.5, 0.6) is 10.9 Å². The van der Waals surface area contributed by atoms with Crippen LogP contribution in [0.15, 0.2) is 73.1 Å². The molecule has 0 radical (unpaired) electrons. The van der Waals surface area contributed by atoms with E-state index >= 15 is 0 Å². The van der Waals surface area contributed by atoms with Crippen molar-refractivity contribution in [3.05, 3.63) is 78.6 Å². The van der Waals surface area contributed by atoms with Crippen molar-refractivity contribution in [2.75, 3.05) is 13.1 Å². The summed E-state index contributed by atoms with van der Waals surface area (Å²) in [5, 5.41) is 0.692. The number of benzene rings is 2. The van der Waals surface area contributed by atoms with E-state index in [0.29, 0.717) is 11.2 Å². The molecule has 0 N–H and O–H groups in total. The van der Waals surface area contributed by atoms with E-state index in [1.54, 1.807) is 11.3 Å². The van der Waals surface area contributed by atoms with E-state index < -0.39 is 0 Å². The van der Waals surface area contributed by atoms with Gasteiger partial charge in [0.15, 0.2) is 0 Å². The fourth-order valence-corrected chi connectivity index (χ4v) is 4.43. The van der Waals surface area contributed by atoms with Crippen molar-refractivity contribution in [1.82, 2.24) is 14.5 Å². The van der Waals surface area contributed by atoms with Gasteiger partial charge in [-0.1, -0.05) is 35.6 Å². The molecule has 0 atom stereocenters. The van der Waals surface area contributed by atoms with Crippen LogP contribution in [0.25, 0.3) is 10.2 Å². The van der Waals surface area contributed by atoms with Gasteiger partial charge in [0.1, 0.15) is 5.75 Å². The van der Waals surface area contributed by atoms with Crippen molar-refractivity contribution in [2.45, 2.75) is 39.3 Å². The van der Waals surface area contributed by atoms with Crippen LogP contribution < -0.4 is 4.74 Å². The summed E-state index contributed by atoms with van der Waals surface area (Å²) in [6.45, 7) is 7.83. The Morgan fingerprint density at radius 3 is 2.47 bits per heavy atom. The van der Waals surface area contributed by atoms with Crippen molar-refractivity contribution in [2.24, 2.45) is 0 Å². The van der Waals surface area contributed by atoms with E-state index in [0.717, 1.165) is 42.0 Å². The van der Waals surface area contributed by atoms with E-state index in [-0.39, 0.29) is 0 Å². The Balaban J connectivity index is 1.28. The van der Waals surface area contributed by atoms with Crippen molar-refractivity contribution in [1.29, 1.82) is 0 Å². The molecule has 0 unspecified atom stereocenters. The van der Waals surface area contributed by atoms with E-state index in [4.69, 9.17) is 4.74 Å². The third-order valence-electron chi connectivity index (χ3n) is 5.35. The quantitative estimate of drug-likeness (QED) is 0.305. The number of para-hydroxylation sites is 1. The number of ether oxygens (including phenoxy) is 1. The Morgan fingerprint density at radius 1 is 0.967 bits per heavy atom. The Bertz CT molecular complexity index is 1000. The molecule has 0 aliphatic heterocycles. The highest BCUT2D eigenvalue weighted by Crippen LogP contribution is 2.31. The molecule has 2 aromatic carbocycles. The van der Waals surface area contributed by atoms with Crippen LogP contribution in [-0.4, -0.2) is 33.6 Å². The molecule has 0 saturated carbocycles. The molecule has 0 bridgehead atoms. The van der Waals surface area contributed by atoms with Gasteiger partial charge in [-0.3, -0.25) is 0 Å². The van der Waals surface area contributed by atoms with Crippen LogP contribution in [0.3, 0.4) is 0 Å². The van der Waals surface area contributed by atoms with Crippen LogP contribution >= 0.6 is 11.3 Å². The summed E-state index contributed by atoms with van der Waals surface area (Å²) >= 11 is 1.58. The minimum atomic E-state index is 0.552. The first-order chi connectivity index (χ1) is 14.7. The minimum absolute atomic E-state index is 0.552. The van der Waals surface area contributed by atoms with Crippen LogP contribution in [0.4, 0.5) is 0 Å². The molecule has 0 fully saturated rings. The van der Waals surface area contributed by atoms with Gasteiger partial charge < -0.3 is 14.2 Å². The standard InChI is InChI=1S/C25H29N3OS/c1-20(2)28(18-7-17-27-15-5-6-16-27)19-14-21-10-12-22(13-11-21)29-25-26-23-8-3-4-9-24(23)30-25/h3-6,8-13,15-16,20H,7,14,17-19H2,1-2H3. The Hall–Kier alpha value is -2.63. The van der Waals surface area contributed by atoms with Gasteiger partial charge in [0.05, 0.1) is 10.2 Å². The molecule has 4 rings (SSSR count). The van der Waals surface area contributed by atoms with Crippen molar-refractivity contribution >= 4 is 21.6 Å². The zero-order valence-corrected chi connectivity index (χ0v) is 18.5. The second-order valence-electron chi connectivity index (χ2n) is 7.85. The molecule has 4 aromatic rings. The lowest BCUT2D eigenvalue weighted by molar-refractivity contribution is 0.218. The maximum atomic E-state index is 5.97. The Labute approximate surface area is 182 Å². The molecule has 0 amide bonds. The highest BCUT2D eigenvalue weighted by molar-refractivity contribution is 7.20. The molecule has 0 spiro atoms. The number of fused-ring (bicyclic) bond motifs is 1. The second-order valence-corrected chi connectivity index (χ2v) is 8.84. The fourth-order valence-electron chi connectivity index (χ4n) is 3.60. The number of hydrogen-bond donors (Lipinski definition) is 0. The van der Waals surface area contributed by atoms with E-state index in [1.807, 2.05) is 30.3 Å². The second kappa shape index (κ2) is 9.92. The number of nitrogens with zero attached hydrogens (tertiary/aromatic N) is 3. The Morgan fingerprint density at radius 2 is 1.73 bits per heavy atom. The minimum Gasteiger partial charge on any atom is -0.431 e. The highest BCUT2D eigenvalue weighted by Gasteiger charge is 2.10. The predicted molar refractivity (Wildman–Crippen MR) is 126 cm³/mol. The first-order valence-corrected chi connectivity index (χ1v) is 11.5. The summed E-state index contributed by atoms with van der Waals surface area (Å²) in [6, 6.07) is 21.3. The number of aryl methyl sites for hydroxylation is 1. The van der Waals surface area contributed by atoms with E-state index in [9.17, 15) is 0 Å². The van der Waals surface area contributed by atoms with Crippen LogP contribution in [0, 0.1) is 0 Å². The molecular formula is C25H29N3OS. The molecule has 0 saturated heterocycles. The van der Waals surface area contributed by atoms with E-state index in [2.05, 4.69) is 71.0 Å². The third kappa shape index (κ3) is 5.49. The van der Waals surface area contributed by atoms with Gasteiger partial charge in [0, 0.05) is 38.1 Å². The summed E-state index contributed by atoms with van der Waals surface area (Å²) < 4.78 is 9.37. The van der Waals surface area contributed by atoms with Crippen molar-refractivity contribution in [3.8, 4) is 10.9 Å². The number of aromatic nitrogens is 2. The normalized spacial score (nSPS) is 11.6. The molecule has 30 heavy (non-hydrogen) atoms. The molecule has 5 heteroatoms. The zero-order chi connectivity index (χ0) is 20.8. The summed E-state index contributed by atoms with van der Waals surface area (Å²) in [5.41, 5.74) is 2.32. The zero-order valence-electron chi connectivity index (χ0n) is 17.7. The van der Waals surface area contributed by atoms with Gasteiger partial charge in [-0.05, 0) is 68.7 Å². The van der Waals surface area contributed by atoms with Gasteiger partial charge in [-0.25, -0.2) is 4.98 Å². The van der Waals surface area contributed by atoms with Crippen molar-refractivity contribution in [3.63, 3.8) is 0 Å². The summed E-state index contributed by atoms with van der Waals surface area (Å²) in [5.74, 6) is 0.838. The Kier molecular flexibility index (Phi) is 6.82. The lowest BCUT2D eigenvalue weighted by atomic mass is 10.1. The lowest BCUT2D eigenvalue weighted by Gasteiger charge is -2.26. The molecular weight excluding hydrogens is 390 g/mol. The molecule has 0 aliphatic carbocycles. The first kappa shape index (κ1) is 20.6. The highest BCUT2D eigenvalue weighted by atomic mass is 32.1. The molecule has 0 aliphatic rings. The van der Waals surface area contributed by atoms with Gasteiger partial charge in [-0.15, -0.1) is 0 Å². The van der Waals surface area contributed by atoms with Gasteiger partial charge in [0.2, 0.25) is 0 Å². The number of hydrogen-bond acceptors (Lipinski definition) is 4. The third-order valence-corrected chi connectivity index (χ3v) is 6.26. The SMILES string of the molecule is CC(C)N(CCCn1cccc1)CCc1ccc(Oc2nc3ccccc3s2)cc1. The number of rotatable bonds is 10. The average Bonchev–Trinajstić information content (AvgIpc) is 3.40. The van der Waals surface area contributed by atoms with Crippen molar-refractivity contribution < 1.29 is 4.74 Å². The topological polar surface area (TPSA) is 30.3 Å². The summed E-state index contributed by atoms with van der Waals surface area (Å²) in [6.07, 6.45) is 6.49. The van der Waals surface area contributed by atoms with Gasteiger partial charge >= 0.3 is 0 Å². The molecule has 2 aromatic heterocycles. The molecule has 4 nitrogen and oxygen atoms in total.